The summed E-state index contributed by atoms with van der Waals surface area (Å²) < 4.78 is 5.41. The van der Waals surface area contributed by atoms with E-state index in [0.717, 1.165) is 31.2 Å². The van der Waals surface area contributed by atoms with Crippen molar-refractivity contribution in [1.82, 2.24) is 0 Å². The molecule has 0 aliphatic heterocycles. The summed E-state index contributed by atoms with van der Waals surface area (Å²) in [6.07, 6.45) is 5.34. The smallest absolute Gasteiger partial charge is 0.306 e. The highest BCUT2D eigenvalue weighted by atomic mass is 16.5. The van der Waals surface area contributed by atoms with Crippen molar-refractivity contribution in [1.29, 1.82) is 0 Å². The number of hydrogen-bond acceptors (Lipinski definition) is 5. The molecule has 0 fully saturated rings. The van der Waals surface area contributed by atoms with E-state index in [1.54, 1.807) is 0 Å². The van der Waals surface area contributed by atoms with E-state index in [1.807, 2.05) is 62.4 Å². The summed E-state index contributed by atoms with van der Waals surface area (Å²) in [5.74, 6) is -0.218. The van der Waals surface area contributed by atoms with Gasteiger partial charge in [0, 0.05) is 0 Å². The Morgan fingerprint density at radius 1 is 0.737 bits per heavy atom. The Balaban J connectivity index is 1.59. The van der Waals surface area contributed by atoms with Crippen LogP contribution >= 0.6 is 0 Å². The van der Waals surface area contributed by atoms with Crippen LogP contribution in [0.25, 0.3) is 0 Å². The van der Waals surface area contributed by atoms with Crippen molar-refractivity contribution in [3.05, 3.63) is 71.8 Å². The van der Waals surface area contributed by atoms with Crippen LogP contribution in [0.2, 0.25) is 0 Å². The molecule has 38 heavy (non-hydrogen) atoms. The molecule has 0 aromatic heterocycles. The molecule has 0 aliphatic carbocycles. The molecular formula is C33H50O5. The molecule has 0 bridgehead atoms. The van der Waals surface area contributed by atoms with Crippen LogP contribution in [0.15, 0.2) is 60.7 Å². The first kappa shape index (κ1) is 32.0. The van der Waals surface area contributed by atoms with E-state index in [-0.39, 0.29) is 23.4 Å². The third-order valence-corrected chi connectivity index (χ3v) is 7.67. The van der Waals surface area contributed by atoms with Crippen LogP contribution in [-0.2, 0) is 22.6 Å². The van der Waals surface area contributed by atoms with E-state index in [4.69, 9.17) is 4.74 Å². The van der Waals surface area contributed by atoms with Gasteiger partial charge in [0.25, 0.3) is 0 Å². The van der Waals surface area contributed by atoms with Crippen LogP contribution < -0.4 is 0 Å². The Kier molecular flexibility index (Phi) is 13.5. The third-order valence-electron chi connectivity index (χ3n) is 7.67. The largest absolute Gasteiger partial charge is 0.461 e. The molecule has 2 rings (SSSR count). The third kappa shape index (κ3) is 13.0. The van der Waals surface area contributed by atoms with E-state index in [2.05, 4.69) is 26.0 Å². The van der Waals surface area contributed by atoms with E-state index in [9.17, 15) is 20.1 Å². The van der Waals surface area contributed by atoms with Crippen molar-refractivity contribution < 1.29 is 24.9 Å². The zero-order chi connectivity index (χ0) is 28.0. The molecule has 2 aromatic carbocycles. The van der Waals surface area contributed by atoms with Crippen molar-refractivity contribution in [3.63, 3.8) is 0 Å². The maximum atomic E-state index is 12.3. The normalized spacial score (nSPS) is 14.6. The van der Waals surface area contributed by atoms with Gasteiger partial charge in [-0.3, -0.25) is 4.79 Å². The Hall–Kier alpha value is -2.21. The van der Waals surface area contributed by atoms with Crippen LogP contribution in [0.3, 0.4) is 0 Å². The fraction of sp³-hybridized carbons (Fsp3) is 0.606. The Bertz CT molecular complexity index is 909. The second-order valence-electron chi connectivity index (χ2n) is 12.3. The van der Waals surface area contributed by atoms with Crippen molar-refractivity contribution >= 4 is 5.97 Å². The molecular weight excluding hydrogens is 476 g/mol. The number of aliphatic hydroxyl groups is 3. The van der Waals surface area contributed by atoms with Gasteiger partial charge >= 0.3 is 5.97 Å². The van der Waals surface area contributed by atoms with E-state index in [1.165, 1.54) is 5.56 Å². The lowest BCUT2D eigenvalue weighted by atomic mass is 9.78. The van der Waals surface area contributed by atoms with Crippen LogP contribution in [0, 0.1) is 10.8 Å². The molecule has 212 valence electrons. The molecule has 0 aliphatic rings. The lowest BCUT2D eigenvalue weighted by Crippen LogP contribution is -2.31. The maximum absolute atomic E-state index is 12.3. The van der Waals surface area contributed by atoms with Crippen LogP contribution in [0.5, 0.6) is 0 Å². The number of esters is 1. The first-order valence-electron chi connectivity index (χ1n) is 14.2. The van der Waals surface area contributed by atoms with Crippen molar-refractivity contribution in [2.45, 2.75) is 117 Å². The molecule has 0 saturated heterocycles. The lowest BCUT2D eigenvalue weighted by molar-refractivity contribution is -0.147. The van der Waals surface area contributed by atoms with Gasteiger partial charge in [-0.15, -0.1) is 0 Å². The van der Waals surface area contributed by atoms with Gasteiger partial charge in [0.2, 0.25) is 0 Å². The number of rotatable bonds is 18. The quantitative estimate of drug-likeness (QED) is 0.190. The molecule has 2 aromatic rings. The second-order valence-corrected chi connectivity index (χ2v) is 12.3. The van der Waals surface area contributed by atoms with Gasteiger partial charge in [0.05, 0.1) is 24.7 Å². The summed E-state index contributed by atoms with van der Waals surface area (Å²) in [7, 11) is 0. The number of aryl methyl sites for hydroxylation is 1. The molecule has 0 spiro atoms. The van der Waals surface area contributed by atoms with Crippen LogP contribution in [0.1, 0.15) is 96.6 Å². The SMILES string of the molecule is CC(C)(CCC(O)CCCC(O)CCC(C)(C)C(O)CCc1ccccc1)CC(=O)OCc1ccccc1. The zero-order valence-electron chi connectivity index (χ0n) is 23.9. The van der Waals surface area contributed by atoms with Crippen molar-refractivity contribution in [2.75, 3.05) is 0 Å². The van der Waals surface area contributed by atoms with Crippen LogP contribution in [-0.4, -0.2) is 39.6 Å². The summed E-state index contributed by atoms with van der Waals surface area (Å²) >= 11 is 0. The lowest BCUT2D eigenvalue weighted by Gasteiger charge is -2.31. The number of carbonyl (C=O) groups is 1. The molecule has 5 nitrogen and oxygen atoms in total. The highest BCUT2D eigenvalue weighted by Crippen LogP contribution is 2.32. The summed E-state index contributed by atoms with van der Waals surface area (Å²) in [6.45, 7) is 8.48. The molecule has 5 heteroatoms. The summed E-state index contributed by atoms with van der Waals surface area (Å²) in [5.41, 5.74) is 1.69. The van der Waals surface area contributed by atoms with Gasteiger partial charge in [-0.05, 0) is 79.7 Å². The van der Waals surface area contributed by atoms with E-state index in [0.29, 0.717) is 38.5 Å². The molecule has 0 saturated carbocycles. The number of benzene rings is 2. The minimum atomic E-state index is -0.446. The predicted molar refractivity (Wildman–Crippen MR) is 154 cm³/mol. The summed E-state index contributed by atoms with van der Waals surface area (Å²) in [4.78, 5) is 12.3. The molecule has 3 atom stereocenters. The van der Waals surface area contributed by atoms with Gasteiger partial charge in [0.1, 0.15) is 6.61 Å². The van der Waals surface area contributed by atoms with Crippen molar-refractivity contribution in [2.24, 2.45) is 10.8 Å². The van der Waals surface area contributed by atoms with E-state index < -0.39 is 18.3 Å². The number of aliphatic hydroxyl groups excluding tert-OH is 3. The van der Waals surface area contributed by atoms with Gasteiger partial charge in [-0.25, -0.2) is 0 Å². The highest BCUT2D eigenvalue weighted by molar-refractivity contribution is 5.70. The highest BCUT2D eigenvalue weighted by Gasteiger charge is 2.28. The topological polar surface area (TPSA) is 87.0 Å². The number of carbonyl (C=O) groups excluding carboxylic acids is 1. The molecule has 0 amide bonds. The molecule has 0 radical (unpaired) electrons. The van der Waals surface area contributed by atoms with Gasteiger partial charge < -0.3 is 20.1 Å². The number of hydrogen-bond donors (Lipinski definition) is 3. The molecule has 3 unspecified atom stereocenters. The fourth-order valence-electron chi connectivity index (χ4n) is 4.75. The van der Waals surface area contributed by atoms with Gasteiger partial charge in [0.15, 0.2) is 0 Å². The maximum Gasteiger partial charge on any atom is 0.306 e. The average molecular weight is 527 g/mol. The summed E-state index contributed by atoms with van der Waals surface area (Å²) in [6, 6.07) is 19.8. The Morgan fingerprint density at radius 3 is 1.84 bits per heavy atom. The predicted octanol–water partition coefficient (Wildman–Crippen LogP) is 6.62. The second kappa shape index (κ2) is 16.0. The monoisotopic (exact) mass is 526 g/mol. The first-order chi connectivity index (χ1) is 18.0. The minimum Gasteiger partial charge on any atom is -0.461 e. The number of ether oxygens (including phenoxy) is 1. The Morgan fingerprint density at radius 2 is 1.26 bits per heavy atom. The molecule has 3 N–H and O–H groups in total. The van der Waals surface area contributed by atoms with Crippen molar-refractivity contribution in [3.8, 4) is 0 Å². The van der Waals surface area contributed by atoms with Crippen LogP contribution in [0.4, 0.5) is 0 Å². The minimum absolute atomic E-state index is 0.218. The fourth-order valence-corrected chi connectivity index (χ4v) is 4.75. The average Bonchev–Trinajstić information content (AvgIpc) is 2.89. The standard InChI is InChI=1S/C33H50O5/c1-32(2,24-31(37)38-25-27-14-9-6-10-15-27)22-20-28(34)16-11-17-29(35)21-23-33(3,4)30(36)19-18-26-12-7-5-8-13-26/h5-10,12-15,28-30,34-36H,11,16-25H2,1-4H3. The zero-order valence-corrected chi connectivity index (χ0v) is 23.9. The molecule has 0 heterocycles. The Labute approximate surface area is 230 Å². The van der Waals surface area contributed by atoms with Gasteiger partial charge in [-0.1, -0.05) is 88.4 Å². The van der Waals surface area contributed by atoms with Gasteiger partial charge in [-0.2, -0.15) is 0 Å². The van der Waals surface area contributed by atoms with E-state index >= 15 is 0 Å². The first-order valence-corrected chi connectivity index (χ1v) is 14.2. The summed E-state index contributed by atoms with van der Waals surface area (Å²) in [5, 5.41) is 31.7.